The topological polar surface area (TPSA) is 74.5 Å². The predicted octanol–water partition coefficient (Wildman–Crippen LogP) is 4.57. The van der Waals surface area contributed by atoms with Crippen LogP contribution in [0, 0.1) is 0 Å². The van der Waals surface area contributed by atoms with Gasteiger partial charge in [-0.1, -0.05) is 37.7 Å². The van der Waals surface area contributed by atoms with Crippen molar-refractivity contribution in [3.8, 4) is 23.0 Å². The lowest BCUT2D eigenvalue weighted by Gasteiger charge is -2.07. The van der Waals surface area contributed by atoms with E-state index < -0.39 is 0 Å². The van der Waals surface area contributed by atoms with Gasteiger partial charge in [-0.2, -0.15) is 0 Å². The fraction of sp³-hybridized carbons (Fsp3) is 0.250. The normalized spacial score (nSPS) is 10.8. The molecule has 0 atom stereocenters. The molecule has 3 rings (SSSR count). The lowest BCUT2D eigenvalue weighted by atomic mass is 10.0. The monoisotopic (exact) mass is 384 g/mol. The highest BCUT2D eigenvalue weighted by atomic mass is 32.2. The Morgan fingerprint density at radius 3 is 2.33 bits per heavy atom. The van der Waals surface area contributed by atoms with E-state index in [2.05, 4.69) is 24.0 Å². The summed E-state index contributed by atoms with van der Waals surface area (Å²) in [6.45, 7) is 4.23. The summed E-state index contributed by atoms with van der Waals surface area (Å²) in [6, 6.07) is 14.8. The van der Waals surface area contributed by atoms with E-state index in [0.717, 1.165) is 23.1 Å². The third-order valence-corrected chi connectivity index (χ3v) is 4.63. The molecule has 140 valence electrons. The fourth-order valence-corrected chi connectivity index (χ4v) is 2.86. The molecule has 2 aromatic carbocycles. The van der Waals surface area contributed by atoms with E-state index in [-0.39, 0.29) is 11.7 Å². The second kappa shape index (κ2) is 8.73. The number of hydrogen-bond acceptors (Lipinski definition) is 7. The second-order valence-corrected chi connectivity index (χ2v) is 7.01. The van der Waals surface area contributed by atoms with E-state index in [1.54, 1.807) is 19.2 Å². The zero-order chi connectivity index (χ0) is 19.2. The Hall–Kier alpha value is -2.80. The van der Waals surface area contributed by atoms with Gasteiger partial charge >= 0.3 is 5.97 Å². The molecule has 0 bridgehead atoms. The molecule has 0 aliphatic rings. The van der Waals surface area contributed by atoms with Gasteiger partial charge in [0.1, 0.15) is 17.3 Å². The number of esters is 1. The fourth-order valence-electron chi connectivity index (χ4n) is 2.32. The van der Waals surface area contributed by atoms with Crippen molar-refractivity contribution in [3.63, 3.8) is 0 Å². The Balaban J connectivity index is 1.53. The lowest BCUT2D eigenvalue weighted by molar-refractivity contribution is -0.131. The van der Waals surface area contributed by atoms with Crippen LogP contribution < -0.4 is 9.47 Å². The minimum atomic E-state index is -0.374. The summed E-state index contributed by atoms with van der Waals surface area (Å²) in [5, 5.41) is 8.26. The van der Waals surface area contributed by atoms with E-state index in [9.17, 15) is 4.79 Å². The SMILES string of the molecule is COc1ccc(-c2nnc(SCC(=O)Oc3ccc(C(C)C)cc3)o2)cc1. The first-order valence-corrected chi connectivity index (χ1v) is 9.45. The lowest BCUT2D eigenvalue weighted by Crippen LogP contribution is -2.10. The molecule has 0 saturated heterocycles. The van der Waals surface area contributed by atoms with Crippen LogP contribution in [-0.2, 0) is 4.79 Å². The average Bonchev–Trinajstić information content (AvgIpc) is 3.16. The Bertz CT molecular complexity index is 889. The van der Waals surface area contributed by atoms with Gasteiger partial charge in [-0.25, -0.2) is 0 Å². The van der Waals surface area contributed by atoms with Crippen LogP contribution in [0.2, 0.25) is 0 Å². The van der Waals surface area contributed by atoms with Crippen LogP contribution in [0.3, 0.4) is 0 Å². The molecule has 3 aromatic rings. The third kappa shape index (κ3) is 5.10. The van der Waals surface area contributed by atoms with Gasteiger partial charge in [-0.3, -0.25) is 4.79 Å². The van der Waals surface area contributed by atoms with Crippen molar-refractivity contribution in [3.05, 3.63) is 54.1 Å². The maximum absolute atomic E-state index is 12.0. The molecule has 1 heterocycles. The molecule has 0 saturated carbocycles. The molecule has 0 N–H and O–H groups in total. The molecule has 1 aromatic heterocycles. The molecular formula is C20H20N2O4S. The molecule has 0 radical (unpaired) electrons. The number of carbonyl (C=O) groups is 1. The number of rotatable bonds is 7. The first-order valence-electron chi connectivity index (χ1n) is 8.46. The molecule has 6 nitrogen and oxygen atoms in total. The van der Waals surface area contributed by atoms with Crippen LogP contribution in [0.5, 0.6) is 11.5 Å². The van der Waals surface area contributed by atoms with E-state index in [4.69, 9.17) is 13.9 Å². The highest BCUT2D eigenvalue weighted by Gasteiger charge is 2.13. The van der Waals surface area contributed by atoms with E-state index in [0.29, 0.717) is 22.8 Å². The van der Waals surface area contributed by atoms with Crippen molar-refractivity contribution in [2.45, 2.75) is 25.0 Å². The molecule has 0 aliphatic heterocycles. The first-order chi connectivity index (χ1) is 13.0. The highest BCUT2D eigenvalue weighted by molar-refractivity contribution is 7.99. The number of ether oxygens (including phenoxy) is 2. The maximum atomic E-state index is 12.0. The van der Waals surface area contributed by atoms with E-state index >= 15 is 0 Å². The van der Waals surface area contributed by atoms with Crippen molar-refractivity contribution >= 4 is 17.7 Å². The number of benzene rings is 2. The van der Waals surface area contributed by atoms with Crippen LogP contribution in [0.25, 0.3) is 11.5 Å². The van der Waals surface area contributed by atoms with Crippen molar-refractivity contribution in [2.24, 2.45) is 0 Å². The van der Waals surface area contributed by atoms with Crippen molar-refractivity contribution in [1.29, 1.82) is 0 Å². The van der Waals surface area contributed by atoms with Gasteiger partial charge in [0, 0.05) is 5.56 Å². The zero-order valence-electron chi connectivity index (χ0n) is 15.3. The van der Waals surface area contributed by atoms with Crippen LogP contribution in [0.4, 0.5) is 0 Å². The van der Waals surface area contributed by atoms with Crippen molar-refractivity contribution in [1.82, 2.24) is 10.2 Å². The molecular weight excluding hydrogens is 364 g/mol. The molecule has 0 aliphatic carbocycles. The summed E-state index contributed by atoms with van der Waals surface area (Å²) in [6.07, 6.45) is 0. The van der Waals surface area contributed by atoms with Gasteiger partial charge in [-0.15, -0.1) is 10.2 Å². The molecule has 7 heteroatoms. The predicted molar refractivity (Wildman–Crippen MR) is 103 cm³/mol. The van der Waals surface area contributed by atoms with Crippen LogP contribution in [-0.4, -0.2) is 29.0 Å². The highest BCUT2D eigenvalue weighted by Crippen LogP contribution is 2.25. The summed E-state index contributed by atoms with van der Waals surface area (Å²) in [4.78, 5) is 12.0. The number of methoxy groups -OCH3 is 1. The molecule has 0 fully saturated rings. The first kappa shape index (κ1) is 19.0. The van der Waals surface area contributed by atoms with Gasteiger partial charge in [-0.05, 0) is 47.9 Å². The van der Waals surface area contributed by atoms with Crippen LogP contribution in [0.15, 0.2) is 58.2 Å². The van der Waals surface area contributed by atoms with Crippen molar-refractivity contribution in [2.75, 3.05) is 12.9 Å². The van der Waals surface area contributed by atoms with E-state index in [1.807, 2.05) is 36.4 Å². The summed E-state index contributed by atoms with van der Waals surface area (Å²) >= 11 is 1.14. The maximum Gasteiger partial charge on any atom is 0.321 e. The van der Waals surface area contributed by atoms with E-state index in [1.165, 1.54) is 5.56 Å². The Morgan fingerprint density at radius 1 is 1.04 bits per heavy atom. The standard InChI is InChI=1S/C20H20N2O4S/c1-13(2)14-4-10-17(11-5-14)25-18(23)12-27-20-22-21-19(26-20)15-6-8-16(24-3)9-7-15/h4-11,13H,12H2,1-3H3. The number of carbonyl (C=O) groups excluding carboxylic acids is 1. The minimum Gasteiger partial charge on any atom is -0.497 e. The Kier molecular flexibility index (Phi) is 6.13. The average molecular weight is 384 g/mol. The van der Waals surface area contributed by atoms with Gasteiger partial charge in [0.25, 0.3) is 5.22 Å². The van der Waals surface area contributed by atoms with Gasteiger partial charge in [0.05, 0.1) is 7.11 Å². The Morgan fingerprint density at radius 2 is 1.70 bits per heavy atom. The number of aromatic nitrogens is 2. The summed E-state index contributed by atoms with van der Waals surface area (Å²) < 4.78 is 16.0. The number of hydrogen-bond donors (Lipinski definition) is 0. The number of thioether (sulfide) groups is 1. The Labute approximate surface area is 161 Å². The summed E-state index contributed by atoms with van der Waals surface area (Å²) in [5.74, 6) is 1.80. The van der Waals surface area contributed by atoms with Gasteiger partial charge < -0.3 is 13.9 Å². The van der Waals surface area contributed by atoms with Crippen molar-refractivity contribution < 1.29 is 18.7 Å². The number of nitrogens with zero attached hydrogens (tertiary/aromatic N) is 2. The second-order valence-electron chi connectivity index (χ2n) is 6.09. The summed E-state index contributed by atoms with van der Waals surface area (Å²) in [5.41, 5.74) is 1.98. The quantitative estimate of drug-likeness (QED) is 0.336. The molecule has 0 spiro atoms. The smallest absolute Gasteiger partial charge is 0.321 e. The molecule has 27 heavy (non-hydrogen) atoms. The molecule has 0 amide bonds. The van der Waals surface area contributed by atoms with Crippen LogP contribution >= 0.6 is 11.8 Å². The van der Waals surface area contributed by atoms with Crippen LogP contribution in [0.1, 0.15) is 25.3 Å². The minimum absolute atomic E-state index is 0.0795. The summed E-state index contributed by atoms with van der Waals surface area (Å²) in [7, 11) is 1.61. The molecule has 0 unspecified atom stereocenters. The van der Waals surface area contributed by atoms with Gasteiger partial charge in [0.2, 0.25) is 5.89 Å². The third-order valence-electron chi connectivity index (χ3n) is 3.84. The zero-order valence-corrected chi connectivity index (χ0v) is 16.2. The van der Waals surface area contributed by atoms with Gasteiger partial charge in [0.15, 0.2) is 0 Å². The largest absolute Gasteiger partial charge is 0.497 e.